The minimum atomic E-state index is -0.0174. The highest BCUT2D eigenvalue weighted by Gasteiger charge is 2.13. The highest BCUT2D eigenvalue weighted by Crippen LogP contribution is 2.15. The summed E-state index contributed by atoms with van der Waals surface area (Å²) in [5.74, 6) is 0.466. The van der Waals surface area contributed by atoms with Gasteiger partial charge in [-0.2, -0.15) is 4.80 Å². The molecule has 2 aromatic rings. The summed E-state index contributed by atoms with van der Waals surface area (Å²) in [6.45, 7) is 5.33. The summed E-state index contributed by atoms with van der Waals surface area (Å²) in [6.07, 6.45) is 0. The van der Waals surface area contributed by atoms with Gasteiger partial charge in [-0.1, -0.05) is 0 Å². The van der Waals surface area contributed by atoms with Gasteiger partial charge in [0, 0.05) is 24.3 Å². The third-order valence-corrected chi connectivity index (χ3v) is 3.01. The smallest absolute Gasteiger partial charge is 0.246 e. The lowest BCUT2D eigenvalue weighted by Gasteiger charge is -2.17. The van der Waals surface area contributed by atoms with Gasteiger partial charge in [0.1, 0.15) is 6.54 Å². The second-order valence-corrected chi connectivity index (χ2v) is 4.33. The minimum absolute atomic E-state index is 0.0174. The number of nitrogens with two attached hydrogens (primary N) is 1. The highest BCUT2D eigenvalue weighted by atomic mass is 16.2. The number of amides is 1. The van der Waals surface area contributed by atoms with Gasteiger partial charge >= 0.3 is 0 Å². The summed E-state index contributed by atoms with van der Waals surface area (Å²) in [5, 5.41) is 12.1. The van der Waals surface area contributed by atoms with Crippen molar-refractivity contribution in [2.24, 2.45) is 0 Å². The first kappa shape index (κ1) is 14.0. The predicted molar refractivity (Wildman–Crippen MR) is 75.6 cm³/mol. The van der Waals surface area contributed by atoms with Crippen molar-refractivity contribution in [3.05, 3.63) is 24.3 Å². The Bertz CT molecular complexity index is 573. The van der Waals surface area contributed by atoms with Crippen LogP contribution in [0.15, 0.2) is 24.3 Å². The molecule has 0 saturated carbocycles. The van der Waals surface area contributed by atoms with Gasteiger partial charge in [0.15, 0.2) is 0 Å². The first-order chi connectivity index (χ1) is 9.63. The first-order valence-electron chi connectivity index (χ1n) is 6.55. The molecule has 0 saturated heterocycles. The molecule has 1 aromatic carbocycles. The molecule has 0 radical (unpaired) electrons. The van der Waals surface area contributed by atoms with E-state index in [-0.39, 0.29) is 12.5 Å². The quantitative estimate of drug-likeness (QED) is 0.814. The van der Waals surface area contributed by atoms with Gasteiger partial charge in [-0.05, 0) is 43.3 Å². The van der Waals surface area contributed by atoms with E-state index in [2.05, 4.69) is 15.4 Å². The van der Waals surface area contributed by atoms with Crippen molar-refractivity contribution in [3.63, 3.8) is 0 Å². The number of likely N-dealkylation sites (N-methyl/N-ethyl adjacent to an activating group) is 1. The van der Waals surface area contributed by atoms with Crippen LogP contribution < -0.4 is 5.73 Å². The molecule has 1 heterocycles. The molecule has 0 aliphatic carbocycles. The Balaban J connectivity index is 2.09. The zero-order valence-electron chi connectivity index (χ0n) is 11.7. The van der Waals surface area contributed by atoms with Crippen LogP contribution in [0.5, 0.6) is 0 Å². The van der Waals surface area contributed by atoms with Crippen LogP contribution in [0, 0.1) is 0 Å². The van der Waals surface area contributed by atoms with E-state index in [4.69, 9.17) is 5.73 Å². The van der Waals surface area contributed by atoms with Crippen molar-refractivity contribution in [2.75, 3.05) is 18.8 Å². The third kappa shape index (κ3) is 3.11. The van der Waals surface area contributed by atoms with Crippen LogP contribution in [-0.2, 0) is 11.3 Å². The SMILES string of the molecule is CCN(CC)C(=O)Cn1nnc(-c2ccc(N)cc2)n1. The number of anilines is 1. The Hall–Kier alpha value is -2.44. The largest absolute Gasteiger partial charge is 0.399 e. The van der Waals surface area contributed by atoms with Crippen LogP contribution in [0.4, 0.5) is 5.69 Å². The molecule has 0 fully saturated rings. The standard InChI is InChI=1S/C13H18N6O/c1-3-18(4-2)12(20)9-19-16-13(15-17-19)10-5-7-11(14)8-6-10/h5-8H,3-4,9,14H2,1-2H3. The van der Waals surface area contributed by atoms with E-state index in [1.54, 1.807) is 17.0 Å². The molecule has 1 amide bonds. The molecular formula is C13H18N6O. The number of benzene rings is 1. The average Bonchev–Trinajstić information content (AvgIpc) is 2.89. The zero-order valence-corrected chi connectivity index (χ0v) is 11.7. The van der Waals surface area contributed by atoms with Crippen LogP contribution >= 0.6 is 0 Å². The molecule has 7 heteroatoms. The fourth-order valence-electron chi connectivity index (χ4n) is 1.86. The topological polar surface area (TPSA) is 89.9 Å². The number of nitrogen functional groups attached to an aromatic ring is 1. The molecule has 7 nitrogen and oxygen atoms in total. The molecule has 0 spiro atoms. The molecular weight excluding hydrogens is 256 g/mol. The van der Waals surface area contributed by atoms with E-state index in [0.717, 1.165) is 5.56 Å². The Morgan fingerprint density at radius 3 is 2.50 bits per heavy atom. The van der Waals surface area contributed by atoms with Gasteiger partial charge in [-0.25, -0.2) is 0 Å². The van der Waals surface area contributed by atoms with E-state index in [0.29, 0.717) is 24.6 Å². The van der Waals surface area contributed by atoms with E-state index in [9.17, 15) is 4.79 Å². The number of hydrogen-bond donors (Lipinski definition) is 1. The molecule has 106 valence electrons. The van der Waals surface area contributed by atoms with Gasteiger partial charge < -0.3 is 10.6 Å². The van der Waals surface area contributed by atoms with Crippen LogP contribution in [0.25, 0.3) is 11.4 Å². The van der Waals surface area contributed by atoms with E-state index in [1.807, 2.05) is 26.0 Å². The van der Waals surface area contributed by atoms with Crippen LogP contribution in [-0.4, -0.2) is 44.1 Å². The molecule has 20 heavy (non-hydrogen) atoms. The number of aromatic nitrogens is 4. The predicted octanol–water partition coefficient (Wildman–Crippen LogP) is 0.791. The fourth-order valence-corrected chi connectivity index (χ4v) is 1.86. The Kier molecular flexibility index (Phi) is 4.29. The zero-order chi connectivity index (χ0) is 14.5. The lowest BCUT2D eigenvalue weighted by atomic mass is 10.2. The number of tetrazole rings is 1. The number of hydrogen-bond acceptors (Lipinski definition) is 5. The van der Waals surface area contributed by atoms with Crippen molar-refractivity contribution in [1.82, 2.24) is 25.1 Å². The maximum atomic E-state index is 11.9. The molecule has 1 aromatic heterocycles. The van der Waals surface area contributed by atoms with Crippen molar-refractivity contribution in [1.29, 1.82) is 0 Å². The molecule has 0 aliphatic rings. The minimum Gasteiger partial charge on any atom is -0.399 e. The summed E-state index contributed by atoms with van der Waals surface area (Å²) >= 11 is 0. The van der Waals surface area contributed by atoms with Gasteiger partial charge in [-0.3, -0.25) is 4.79 Å². The summed E-state index contributed by atoms with van der Waals surface area (Å²) < 4.78 is 0. The second kappa shape index (κ2) is 6.14. The number of rotatable bonds is 5. The van der Waals surface area contributed by atoms with Crippen molar-refractivity contribution < 1.29 is 4.79 Å². The fraction of sp³-hybridized carbons (Fsp3) is 0.385. The maximum Gasteiger partial charge on any atom is 0.246 e. The molecule has 0 bridgehead atoms. The average molecular weight is 274 g/mol. The second-order valence-electron chi connectivity index (χ2n) is 4.33. The number of carbonyl (C=O) groups is 1. The van der Waals surface area contributed by atoms with Gasteiger partial charge in [-0.15, -0.1) is 10.2 Å². The summed E-state index contributed by atoms with van der Waals surface area (Å²) in [6, 6.07) is 7.19. The van der Waals surface area contributed by atoms with E-state index in [1.165, 1.54) is 4.80 Å². The van der Waals surface area contributed by atoms with Gasteiger partial charge in [0.05, 0.1) is 0 Å². The van der Waals surface area contributed by atoms with Gasteiger partial charge in [0.2, 0.25) is 11.7 Å². The lowest BCUT2D eigenvalue weighted by Crippen LogP contribution is -2.34. The highest BCUT2D eigenvalue weighted by molar-refractivity contribution is 5.75. The number of nitrogens with zero attached hydrogens (tertiary/aromatic N) is 5. The van der Waals surface area contributed by atoms with Crippen molar-refractivity contribution in [3.8, 4) is 11.4 Å². The van der Waals surface area contributed by atoms with Crippen molar-refractivity contribution in [2.45, 2.75) is 20.4 Å². The normalized spacial score (nSPS) is 10.5. The molecule has 2 N–H and O–H groups in total. The summed E-state index contributed by atoms with van der Waals surface area (Å²) in [4.78, 5) is 15.0. The Morgan fingerprint density at radius 2 is 1.90 bits per heavy atom. The molecule has 0 aliphatic heterocycles. The molecule has 2 rings (SSSR count). The molecule has 0 unspecified atom stereocenters. The lowest BCUT2D eigenvalue weighted by molar-refractivity contribution is -0.131. The van der Waals surface area contributed by atoms with Crippen LogP contribution in [0.1, 0.15) is 13.8 Å². The van der Waals surface area contributed by atoms with Crippen molar-refractivity contribution >= 4 is 11.6 Å². The van der Waals surface area contributed by atoms with Crippen LogP contribution in [0.2, 0.25) is 0 Å². The summed E-state index contributed by atoms with van der Waals surface area (Å²) in [5.41, 5.74) is 7.13. The van der Waals surface area contributed by atoms with E-state index < -0.39 is 0 Å². The van der Waals surface area contributed by atoms with Crippen LogP contribution in [0.3, 0.4) is 0 Å². The Labute approximate surface area is 117 Å². The first-order valence-corrected chi connectivity index (χ1v) is 6.55. The van der Waals surface area contributed by atoms with E-state index >= 15 is 0 Å². The number of carbonyl (C=O) groups excluding carboxylic acids is 1. The van der Waals surface area contributed by atoms with Gasteiger partial charge in [0.25, 0.3) is 0 Å². The Morgan fingerprint density at radius 1 is 1.25 bits per heavy atom. The molecule has 0 atom stereocenters. The monoisotopic (exact) mass is 274 g/mol. The summed E-state index contributed by atoms with van der Waals surface area (Å²) in [7, 11) is 0. The maximum absolute atomic E-state index is 11.9. The third-order valence-electron chi connectivity index (χ3n) is 3.01.